The minimum Gasteiger partial charge on any atom is -0.394 e. The third kappa shape index (κ3) is 2.27. The molecule has 1 N–H and O–H groups in total. The highest BCUT2D eigenvalue weighted by molar-refractivity contribution is 4.71. The van der Waals surface area contributed by atoms with Crippen molar-refractivity contribution < 1.29 is 14.3 Å². The standard InChI is InChI=1S/C11H22NO2/c13-8-10-14-9-7-12-4-1-11(2-5-12)3-6-12/h11,13H,1-10H2/q+1. The van der Waals surface area contributed by atoms with Gasteiger partial charge in [-0.1, -0.05) is 0 Å². The molecule has 3 heteroatoms. The fourth-order valence-electron chi connectivity index (χ4n) is 2.90. The van der Waals surface area contributed by atoms with E-state index in [4.69, 9.17) is 9.84 Å². The summed E-state index contributed by atoms with van der Waals surface area (Å²) in [6.07, 6.45) is 4.29. The summed E-state index contributed by atoms with van der Waals surface area (Å²) in [6, 6.07) is 0. The predicted octanol–water partition coefficient (Wildman–Crippen LogP) is 0.626. The van der Waals surface area contributed by atoms with E-state index in [2.05, 4.69) is 0 Å². The van der Waals surface area contributed by atoms with E-state index < -0.39 is 0 Å². The molecule has 82 valence electrons. The van der Waals surface area contributed by atoms with Crippen LogP contribution in [0.1, 0.15) is 19.3 Å². The molecule has 2 bridgehead atoms. The van der Waals surface area contributed by atoms with Crippen molar-refractivity contribution in [2.45, 2.75) is 19.3 Å². The van der Waals surface area contributed by atoms with Crippen LogP contribution in [0, 0.1) is 5.92 Å². The Kier molecular flexibility index (Phi) is 3.42. The second-order valence-corrected chi connectivity index (χ2v) is 4.80. The Morgan fingerprint density at radius 1 is 1.07 bits per heavy atom. The first-order valence-corrected chi connectivity index (χ1v) is 5.88. The molecule has 0 radical (unpaired) electrons. The van der Waals surface area contributed by atoms with Crippen LogP contribution in [0.3, 0.4) is 0 Å². The average Bonchev–Trinajstić information content (AvgIpc) is 2.27. The Balaban J connectivity index is 1.72. The van der Waals surface area contributed by atoms with Crippen LogP contribution in [-0.4, -0.2) is 55.6 Å². The van der Waals surface area contributed by atoms with Crippen molar-refractivity contribution in [1.29, 1.82) is 0 Å². The highest BCUT2D eigenvalue weighted by atomic mass is 16.5. The molecule has 3 heterocycles. The molecule has 3 aliphatic heterocycles. The van der Waals surface area contributed by atoms with Gasteiger partial charge in [-0.25, -0.2) is 0 Å². The first-order chi connectivity index (χ1) is 6.85. The van der Waals surface area contributed by atoms with Crippen molar-refractivity contribution in [3.8, 4) is 0 Å². The molecule has 0 aliphatic carbocycles. The number of fused-ring (bicyclic) bond motifs is 3. The van der Waals surface area contributed by atoms with Crippen molar-refractivity contribution in [1.82, 2.24) is 0 Å². The van der Waals surface area contributed by atoms with Gasteiger partial charge in [0.2, 0.25) is 0 Å². The van der Waals surface area contributed by atoms with Crippen LogP contribution in [0.15, 0.2) is 0 Å². The van der Waals surface area contributed by atoms with Crippen LogP contribution in [-0.2, 0) is 4.74 Å². The summed E-state index contributed by atoms with van der Waals surface area (Å²) in [7, 11) is 0. The number of rotatable bonds is 5. The zero-order chi connectivity index (χ0) is 9.86. The molecule has 3 aliphatic rings. The SMILES string of the molecule is OCCOCC[N+]12CCC(CC1)CC2. The summed E-state index contributed by atoms with van der Waals surface area (Å²) in [4.78, 5) is 0. The number of piperidine rings is 3. The van der Waals surface area contributed by atoms with E-state index in [9.17, 15) is 0 Å². The Bertz CT molecular complexity index is 162. The van der Waals surface area contributed by atoms with E-state index in [1.165, 1.54) is 43.4 Å². The Morgan fingerprint density at radius 3 is 2.29 bits per heavy atom. The molecule has 0 spiro atoms. The van der Waals surface area contributed by atoms with Gasteiger partial charge < -0.3 is 14.3 Å². The highest BCUT2D eigenvalue weighted by Gasteiger charge is 2.38. The van der Waals surface area contributed by atoms with Gasteiger partial charge in [0.25, 0.3) is 0 Å². The maximum atomic E-state index is 8.60. The molecular formula is C11H22NO2+. The summed E-state index contributed by atoms with van der Waals surface area (Å²) < 4.78 is 6.66. The summed E-state index contributed by atoms with van der Waals surface area (Å²) in [5, 5.41) is 8.60. The Hall–Kier alpha value is -0.120. The van der Waals surface area contributed by atoms with Gasteiger partial charge in [0.05, 0.1) is 39.5 Å². The summed E-state index contributed by atoms with van der Waals surface area (Å²) in [6.45, 7) is 6.75. The molecule has 3 fully saturated rings. The molecule has 0 aromatic carbocycles. The zero-order valence-corrected chi connectivity index (χ0v) is 8.95. The molecule has 3 nitrogen and oxygen atoms in total. The van der Waals surface area contributed by atoms with Gasteiger partial charge in [-0.05, 0) is 25.2 Å². The molecule has 0 unspecified atom stereocenters. The third-order valence-corrected chi connectivity index (χ3v) is 3.98. The molecule has 0 aromatic heterocycles. The number of nitrogens with zero attached hydrogens (tertiary/aromatic N) is 1. The van der Waals surface area contributed by atoms with Crippen molar-refractivity contribution in [2.24, 2.45) is 5.92 Å². The van der Waals surface area contributed by atoms with Crippen molar-refractivity contribution >= 4 is 0 Å². The van der Waals surface area contributed by atoms with Gasteiger partial charge in [0.1, 0.15) is 6.54 Å². The van der Waals surface area contributed by atoms with Gasteiger partial charge in [-0.15, -0.1) is 0 Å². The second kappa shape index (κ2) is 4.60. The van der Waals surface area contributed by atoms with Crippen molar-refractivity contribution in [3.05, 3.63) is 0 Å². The topological polar surface area (TPSA) is 29.5 Å². The summed E-state index contributed by atoms with van der Waals surface area (Å²) in [5.74, 6) is 1.04. The van der Waals surface area contributed by atoms with Gasteiger partial charge in [0.15, 0.2) is 0 Å². The van der Waals surface area contributed by atoms with Gasteiger partial charge in [0, 0.05) is 0 Å². The molecule has 0 amide bonds. The molecule has 14 heavy (non-hydrogen) atoms. The lowest BCUT2D eigenvalue weighted by molar-refractivity contribution is -0.942. The molecule has 0 atom stereocenters. The fourth-order valence-corrected chi connectivity index (χ4v) is 2.90. The first-order valence-electron chi connectivity index (χ1n) is 5.88. The quantitative estimate of drug-likeness (QED) is 0.521. The summed E-state index contributed by atoms with van der Waals surface area (Å²) >= 11 is 0. The van der Waals surface area contributed by atoms with E-state index in [-0.39, 0.29) is 6.61 Å². The molecular weight excluding hydrogens is 178 g/mol. The first kappa shape index (κ1) is 10.4. The molecule has 0 saturated carbocycles. The number of aliphatic hydroxyl groups excluding tert-OH is 1. The van der Waals surface area contributed by atoms with E-state index in [0.29, 0.717) is 6.61 Å². The van der Waals surface area contributed by atoms with E-state index in [0.717, 1.165) is 19.1 Å². The minimum absolute atomic E-state index is 0.155. The van der Waals surface area contributed by atoms with E-state index in [1.54, 1.807) is 0 Å². The van der Waals surface area contributed by atoms with Crippen molar-refractivity contribution in [2.75, 3.05) is 46.0 Å². The molecule has 3 saturated heterocycles. The fraction of sp³-hybridized carbons (Fsp3) is 1.00. The minimum atomic E-state index is 0.155. The lowest BCUT2D eigenvalue weighted by Gasteiger charge is -2.49. The Morgan fingerprint density at radius 2 is 1.71 bits per heavy atom. The maximum absolute atomic E-state index is 8.60. The van der Waals surface area contributed by atoms with Gasteiger partial charge in [-0.3, -0.25) is 0 Å². The van der Waals surface area contributed by atoms with Crippen LogP contribution in [0.5, 0.6) is 0 Å². The monoisotopic (exact) mass is 200 g/mol. The van der Waals surface area contributed by atoms with E-state index >= 15 is 0 Å². The maximum Gasteiger partial charge on any atom is 0.102 e. The lowest BCUT2D eigenvalue weighted by atomic mass is 9.86. The van der Waals surface area contributed by atoms with E-state index in [1.807, 2.05) is 0 Å². The molecule has 3 rings (SSSR count). The molecule has 0 aromatic rings. The second-order valence-electron chi connectivity index (χ2n) is 4.80. The smallest absolute Gasteiger partial charge is 0.102 e. The number of aliphatic hydroxyl groups is 1. The van der Waals surface area contributed by atoms with Crippen LogP contribution in [0.25, 0.3) is 0 Å². The predicted molar refractivity (Wildman–Crippen MR) is 55.0 cm³/mol. The van der Waals surface area contributed by atoms with Crippen LogP contribution in [0.4, 0.5) is 0 Å². The number of hydrogen-bond donors (Lipinski definition) is 1. The average molecular weight is 200 g/mol. The van der Waals surface area contributed by atoms with Crippen molar-refractivity contribution in [3.63, 3.8) is 0 Å². The number of quaternary nitrogens is 1. The number of hydrogen-bond acceptors (Lipinski definition) is 2. The normalized spacial score (nSPS) is 36.2. The van der Waals surface area contributed by atoms with Crippen LogP contribution in [0.2, 0.25) is 0 Å². The number of ether oxygens (including phenoxy) is 1. The van der Waals surface area contributed by atoms with Crippen LogP contribution < -0.4 is 0 Å². The highest BCUT2D eigenvalue weighted by Crippen LogP contribution is 2.33. The lowest BCUT2D eigenvalue weighted by Crippen LogP contribution is -2.59. The zero-order valence-electron chi connectivity index (χ0n) is 8.95. The third-order valence-electron chi connectivity index (χ3n) is 3.98. The Labute approximate surface area is 86.3 Å². The van der Waals surface area contributed by atoms with Gasteiger partial charge in [-0.2, -0.15) is 0 Å². The summed E-state index contributed by atoms with van der Waals surface area (Å²) in [5.41, 5.74) is 0. The van der Waals surface area contributed by atoms with Gasteiger partial charge >= 0.3 is 0 Å². The largest absolute Gasteiger partial charge is 0.394 e. The van der Waals surface area contributed by atoms with Crippen LogP contribution >= 0.6 is 0 Å².